The van der Waals surface area contributed by atoms with Crippen molar-refractivity contribution in [3.05, 3.63) is 0 Å². The second kappa shape index (κ2) is 4.67. The van der Waals surface area contributed by atoms with Crippen LogP contribution in [0.15, 0.2) is 0 Å². The first-order chi connectivity index (χ1) is 7.69. The highest BCUT2D eigenvalue weighted by Crippen LogP contribution is 2.51. The number of aliphatic carboxylic acids is 1. The molecular formula is C13H23NO3. The van der Waals surface area contributed by atoms with Crippen LogP contribution >= 0.6 is 0 Å². The molecule has 0 aromatic carbocycles. The molecule has 1 aliphatic rings. The van der Waals surface area contributed by atoms with Gasteiger partial charge in [0.1, 0.15) is 0 Å². The number of carboxylic acids is 1. The van der Waals surface area contributed by atoms with Gasteiger partial charge in [-0.1, -0.05) is 13.8 Å². The Kier molecular flexibility index (Phi) is 3.84. The number of nitrogens with one attached hydrogen (secondary N) is 1. The van der Waals surface area contributed by atoms with Crippen molar-refractivity contribution in [3.63, 3.8) is 0 Å². The van der Waals surface area contributed by atoms with Gasteiger partial charge < -0.3 is 10.4 Å². The fourth-order valence-corrected chi connectivity index (χ4v) is 1.93. The SMILES string of the molecule is CC(C)C1(CNC(=O)CC(C)(C)C(=O)O)CC1. The van der Waals surface area contributed by atoms with Gasteiger partial charge in [-0.15, -0.1) is 0 Å². The van der Waals surface area contributed by atoms with Crippen molar-refractivity contribution in [2.24, 2.45) is 16.7 Å². The highest BCUT2D eigenvalue weighted by molar-refractivity contribution is 5.84. The van der Waals surface area contributed by atoms with Crippen molar-refractivity contribution >= 4 is 11.9 Å². The lowest BCUT2D eigenvalue weighted by Gasteiger charge is -2.22. The molecule has 1 saturated carbocycles. The van der Waals surface area contributed by atoms with E-state index in [1.807, 2.05) is 0 Å². The molecule has 2 N–H and O–H groups in total. The molecule has 1 amide bonds. The zero-order valence-corrected chi connectivity index (χ0v) is 11.2. The van der Waals surface area contributed by atoms with E-state index in [9.17, 15) is 9.59 Å². The van der Waals surface area contributed by atoms with Crippen molar-refractivity contribution in [1.29, 1.82) is 0 Å². The number of rotatable bonds is 6. The molecule has 0 bridgehead atoms. The minimum absolute atomic E-state index is 0.0382. The predicted octanol–water partition coefficient (Wildman–Crippen LogP) is 2.04. The van der Waals surface area contributed by atoms with Crippen molar-refractivity contribution in [2.45, 2.75) is 47.0 Å². The van der Waals surface area contributed by atoms with Gasteiger partial charge in [0.2, 0.25) is 5.91 Å². The van der Waals surface area contributed by atoms with E-state index in [2.05, 4.69) is 19.2 Å². The van der Waals surface area contributed by atoms with Crippen molar-refractivity contribution in [3.8, 4) is 0 Å². The summed E-state index contributed by atoms with van der Waals surface area (Å²) in [4.78, 5) is 22.6. The van der Waals surface area contributed by atoms with E-state index in [4.69, 9.17) is 5.11 Å². The summed E-state index contributed by atoms with van der Waals surface area (Å²) >= 11 is 0. The van der Waals surface area contributed by atoms with Crippen molar-refractivity contribution in [1.82, 2.24) is 5.32 Å². The Balaban J connectivity index is 2.39. The molecule has 0 saturated heterocycles. The third-order valence-electron chi connectivity index (χ3n) is 3.94. The summed E-state index contributed by atoms with van der Waals surface area (Å²) in [6, 6.07) is 0. The molecule has 17 heavy (non-hydrogen) atoms. The molecule has 4 heteroatoms. The number of hydrogen-bond donors (Lipinski definition) is 2. The molecule has 0 radical (unpaired) electrons. The minimum Gasteiger partial charge on any atom is -0.481 e. The molecular weight excluding hydrogens is 218 g/mol. The topological polar surface area (TPSA) is 66.4 Å². The normalized spacial score (nSPS) is 17.9. The quantitative estimate of drug-likeness (QED) is 0.748. The van der Waals surface area contributed by atoms with E-state index < -0.39 is 11.4 Å². The fraction of sp³-hybridized carbons (Fsp3) is 0.846. The van der Waals surface area contributed by atoms with Gasteiger partial charge in [-0.25, -0.2) is 0 Å². The van der Waals surface area contributed by atoms with Crippen LogP contribution < -0.4 is 5.32 Å². The Morgan fingerprint density at radius 3 is 2.24 bits per heavy atom. The third kappa shape index (κ3) is 3.45. The van der Waals surface area contributed by atoms with Crippen molar-refractivity contribution < 1.29 is 14.7 Å². The maximum Gasteiger partial charge on any atom is 0.309 e. The van der Waals surface area contributed by atoms with Crippen molar-refractivity contribution in [2.75, 3.05) is 6.54 Å². The van der Waals surface area contributed by atoms with Gasteiger partial charge in [0, 0.05) is 13.0 Å². The van der Waals surface area contributed by atoms with Crippen LogP contribution in [-0.4, -0.2) is 23.5 Å². The molecule has 0 aromatic heterocycles. The number of hydrogen-bond acceptors (Lipinski definition) is 2. The first-order valence-corrected chi connectivity index (χ1v) is 6.20. The number of carboxylic acid groups (broad SMARTS) is 1. The second-order valence-corrected chi connectivity index (χ2v) is 6.16. The molecule has 1 fully saturated rings. The maximum atomic E-state index is 11.7. The van der Waals surface area contributed by atoms with E-state index in [1.165, 1.54) is 0 Å². The fourth-order valence-electron chi connectivity index (χ4n) is 1.93. The summed E-state index contributed by atoms with van der Waals surface area (Å²) in [5.41, 5.74) is -0.721. The lowest BCUT2D eigenvalue weighted by Crippen LogP contribution is -2.37. The highest BCUT2D eigenvalue weighted by atomic mass is 16.4. The Labute approximate surface area is 103 Å². The molecule has 0 aromatic rings. The maximum absolute atomic E-state index is 11.7. The smallest absolute Gasteiger partial charge is 0.309 e. The number of carbonyl (C=O) groups excluding carboxylic acids is 1. The van der Waals surface area contributed by atoms with Crippen LogP contribution in [0.25, 0.3) is 0 Å². The van der Waals surface area contributed by atoms with Crippen LogP contribution in [0.4, 0.5) is 0 Å². The van der Waals surface area contributed by atoms with Gasteiger partial charge in [-0.2, -0.15) is 0 Å². The summed E-state index contributed by atoms with van der Waals surface area (Å²) < 4.78 is 0. The van der Waals surface area contributed by atoms with Crippen LogP contribution in [0.5, 0.6) is 0 Å². The predicted molar refractivity (Wildman–Crippen MR) is 65.5 cm³/mol. The zero-order chi connectivity index (χ0) is 13.3. The standard InChI is InChI=1S/C13H23NO3/c1-9(2)13(5-6-13)8-14-10(15)7-12(3,4)11(16)17/h9H,5-8H2,1-4H3,(H,14,15)(H,16,17). The van der Waals surface area contributed by atoms with E-state index in [-0.39, 0.29) is 17.7 Å². The Bertz CT molecular complexity index is 317. The largest absolute Gasteiger partial charge is 0.481 e. The summed E-state index contributed by atoms with van der Waals surface area (Å²) in [5, 5.41) is 11.8. The zero-order valence-electron chi connectivity index (χ0n) is 11.2. The van der Waals surface area contributed by atoms with E-state index in [0.29, 0.717) is 12.5 Å². The first-order valence-electron chi connectivity index (χ1n) is 6.20. The molecule has 0 unspecified atom stereocenters. The average molecular weight is 241 g/mol. The lowest BCUT2D eigenvalue weighted by molar-refractivity contribution is -0.149. The van der Waals surface area contributed by atoms with Gasteiger partial charge in [-0.3, -0.25) is 9.59 Å². The van der Waals surface area contributed by atoms with Crippen LogP contribution in [-0.2, 0) is 9.59 Å². The molecule has 0 spiro atoms. The number of amides is 1. The lowest BCUT2D eigenvalue weighted by atomic mass is 9.88. The average Bonchev–Trinajstić information content (AvgIpc) is 2.94. The molecule has 0 heterocycles. The Morgan fingerprint density at radius 1 is 1.35 bits per heavy atom. The Morgan fingerprint density at radius 2 is 1.88 bits per heavy atom. The Hall–Kier alpha value is -1.06. The first kappa shape index (κ1) is 14.0. The van der Waals surface area contributed by atoms with Crippen LogP contribution in [0.3, 0.4) is 0 Å². The summed E-state index contributed by atoms with van der Waals surface area (Å²) in [6.45, 7) is 8.16. The molecule has 4 nitrogen and oxygen atoms in total. The molecule has 1 rings (SSSR count). The van der Waals surface area contributed by atoms with Crippen LogP contribution in [0.2, 0.25) is 0 Å². The van der Waals surface area contributed by atoms with Gasteiger partial charge in [0.25, 0.3) is 0 Å². The van der Waals surface area contributed by atoms with Crippen LogP contribution in [0, 0.1) is 16.7 Å². The summed E-state index contributed by atoms with van der Waals surface area (Å²) in [5.74, 6) is -0.530. The second-order valence-electron chi connectivity index (χ2n) is 6.16. The summed E-state index contributed by atoms with van der Waals surface area (Å²) in [6.07, 6.45) is 2.36. The van der Waals surface area contributed by atoms with Gasteiger partial charge in [0.05, 0.1) is 5.41 Å². The monoisotopic (exact) mass is 241 g/mol. The van der Waals surface area contributed by atoms with Gasteiger partial charge in [0.15, 0.2) is 0 Å². The highest BCUT2D eigenvalue weighted by Gasteiger charge is 2.45. The van der Waals surface area contributed by atoms with E-state index in [0.717, 1.165) is 12.8 Å². The van der Waals surface area contributed by atoms with E-state index >= 15 is 0 Å². The minimum atomic E-state index is -0.987. The molecule has 0 atom stereocenters. The van der Waals surface area contributed by atoms with Gasteiger partial charge >= 0.3 is 5.97 Å². The van der Waals surface area contributed by atoms with Crippen LogP contribution in [0.1, 0.15) is 47.0 Å². The number of carbonyl (C=O) groups is 2. The van der Waals surface area contributed by atoms with E-state index in [1.54, 1.807) is 13.8 Å². The molecule has 0 aliphatic heterocycles. The van der Waals surface area contributed by atoms with Gasteiger partial charge in [-0.05, 0) is 38.0 Å². The summed E-state index contributed by atoms with van der Waals surface area (Å²) in [7, 11) is 0. The third-order valence-corrected chi connectivity index (χ3v) is 3.94. The molecule has 1 aliphatic carbocycles. The molecule has 98 valence electrons.